The molecule has 0 aromatic heterocycles. The van der Waals surface area contributed by atoms with Crippen molar-refractivity contribution in [3.05, 3.63) is 47.3 Å². The van der Waals surface area contributed by atoms with Crippen LogP contribution in [0.3, 0.4) is 0 Å². The van der Waals surface area contributed by atoms with Gasteiger partial charge in [0.1, 0.15) is 5.82 Å². The number of carbonyl (C=O) groups excluding carboxylic acids is 1. The minimum Gasteiger partial charge on any atom is -0.450 e. The number of carbonyl (C=O) groups is 1. The molecule has 3 nitrogen and oxygen atoms in total. The van der Waals surface area contributed by atoms with E-state index in [-0.39, 0.29) is 24.0 Å². The first-order valence-electron chi connectivity index (χ1n) is 7.61. The molecule has 22 heavy (non-hydrogen) atoms. The van der Waals surface area contributed by atoms with Crippen LogP contribution in [0.5, 0.6) is 0 Å². The zero-order chi connectivity index (χ0) is 15.5. The molecule has 114 valence electrons. The summed E-state index contributed by atoms with van der Waals surface area (Å²) in [5.74, 6) is 5.65. The highest BCUT2D eigenvalue weighted by Crippen LogP contribution is 2.35. The van der Waals surface area contributed by atoms with Gasteiger partial charge in [0.15, 0.2) is 0 Å². The highest BCUT2D eigenvalue weighted by Gasteiger charge is 2.40. The summed E-state index contributed by atoms with van der Waals surface area (Å²) in [4.78, 5) is 13.8. The van der Waals surface area contributed by atoms with Gasteiger partial charge in [-0.05, 0) is 31.9 Å². The van der Waals surface area contributed by atoms with Gasteiger partial charge in [-0.1, -0.05) is 30.0 Å². The first-order chi connectivity index (χ1) is 10.7. The Morgan fingerprint density at radius 2 is 2.18 bits per heavy atom. The van der Waals surface area contributed by atoms with Crippen molar-refractivity contribution in [1.29, 1.82) is 0 Å². The van der Waals surface area contributed by atoms with Gasteiger partial charge < -0.3 is 4.74 Å². The van der Waals surface area contributed by atoms with E-state index in [2.05, 4.69) is 11.8 Å². The van der Waals surface area contributed by atoms with Crippen molar-refractivity contribution in [1.82, 2.24) is 4.90 Å². The second-order valence-corrected chi connectivity index (χ2v) is 5.53. The predicted octanol–water partition coefficient (Wildman–Crippen LogP) is 3.50. The van der Waals surface area contributed by atoms with E-state index in [9.17, 15) is 9.18 Å². The molecule has 0 saturated carbocycles. The maximum Gasteiger partial charge on any atom is 0.410 e. The van der Waals surface area contributed by atoms with Gasteiger partial charge in [0.2, 0.25) is 0 Å². The molecule has 4 heteroatoms. The van der Waals surface area contributed by atoms with Crippen molar-refractivity contribution >= 4 is 6.09 Å². The Hall–Kier alpha value is -2.28. The predicted molar refractivity (Wildman–Crippen MR) is 81.6 cm³/mol. The topological polar surface area (TPSA) is 29.5 Å². The number of amides is 1. The van der Waals surface area contributed by atoms with Crippen LogP contribution in [0, 0.1) is 17.7 Å². The van der Waals surface area contributed by atoms with Crippen molar-refractivity contribution in [3.63, 3.8) is 0 Å². The summed E-state index contributed by atoms with van der Waals surface area (Å²) in [6.07, 6.45) is 4.40. The molecule has 1 fully saturated rings. The van der Waals surface area contributed by atoms with Crippen molar-refractivity contribution < 1.29 is 13.9 Å². The third kappa shape index (κ3) is 2.85. The lowest BCUT2D eigenvalue weighted by Crippen LogP contribution is -2.43. The van der Waals surface area contributed by atoms with E-state index in [1.165, 1.54) is 6.07 Å². The molecular formula is C18H18FNO2. The number of ether oxygens (including phenoxy) is 1. The maximum atomic E-state index is 13.6. The summed E-state index contributed by atoms with van der Waals surface area (Å²) in [5.41, 5.74) is 1.39. The molecule has 3 rings (SSSR count). The van der Waals surface area contributed by atoms with Crippen LogP contribution in [0.2, 0.25) is 0 Å². The van der Waals surface area contributed by atoms with Gasteiger partial charge in [0.25, 0.3) is 0 Å². The normalized spacial score (nSPS) is 22.6. The first kappa shape index (κ1) is 14.6. The molecular weight excluding hydrogens is 281 g/mol. The fourth-order valence-corrected chi connectivity index (χ4v) is 3.12. The molecule has 0 radical (unpaired) electrons. The summed E-state index contributed by atoms with van der Waals surface area (Å²) in [7, 11) is 0. The Morgan fingerprint density at radius 1 is 1.36 bits per heavy atom. The number of rotatable bonds is 1. The average molecular weight is 299 g/mol. The van der Waals surface area contributed by atoms with E-state index in [1.54, 1.807) is 18.2 Å². The number of fused-ring (bicyclic) bond motifs is 2. The first-order valence-corrected chi connectivity index (χ1v) is 7.61. The molecule has 1 amide bonds. The Morgan fingerprint density at radius 3 is 2.91 bits per heavy atom. The number of hydrogen-bond donors (Lipinski definition) is 0. The van der Waals surface area contributed by atoms with Crippen LogP contribution in [-0.4, -0.2) is 29.7 Å². The summed E-state index contributed by atoms with van der Waals surface area (Å²) in [6, 6.07) is 6.71. The summed E-state index contributed by atoms with van der Waals surface area (Å²) >= 11 is 0. The number of nitrogens with zero attached hydrogens (tertiary/aromatic N) is 1. The number of hydrogen-bond acceptors (Lipinski definition) is 2. The highest BCUT2D eigenvalue weighted by atomic mass is 19.1. The van der Waals surface area contributed by atoms with E-state index in [0.717, 1.165) is 24.8 Å². The quantitative estimate of drug-likeness (QED) is 0.743. The highest BCUT2D eigenvalue weighted by molar-refractivity contribution is 5.70. The van der Waals surface area contributed by atoms with Gasteiger partial charge in [-0.2, -0.15) is 0 Å². The molecule has 2 bridgehead atoms. The van der Waals surface area contributed by atoms with Crippen LogP contribution < -0.4 is 0 Å². The summed E-state index contributed by atoms with van der Waals surface area (Å²) < 4.78 is 18.7. The molecule has 2 unspecified atom stereocenters. The van der Waals surface area contributed by atoms with Gasteiger partial charge in [-0.25, -0.2) is 9.18 Å². The third-order valence-corrected chi connectivity index (χ3v) is 4.11. The smallest absolute Gasteiger partial charge is 0.410 e. The van der Waals surface area contributed by atoms with E-state index in [1.807, 2.05) is 17.9 Å². The lowest BCUT2D eigenvalue weighted by atomic mass is 10.0. The molecule has 2 heterocycles. The molecule has 1 aromatic carbocycles. The largest absolute Gasteiger partial charge is 0.450 e. The van der Waals surface area contributed by atoms with E-state index in [0.29, 0.717) is 12.2 Å². The fraction of sp³-hybridized carbons (Fsp3) is 0.389. The van der Waals surface area contributed by atoms with E-state index >= 15 is 0 Å². The SMILES string of the molecule is CCOC(=O)N1C2C=C(C#Cc3ccccc3F)CC1CC2. The van der Waals surface area contributed by atoms with Crippen LogP contribution in [0.4, 0.5) is 9.18 Å². The second-order valence-electron chi connectivity index (χ2n) is 5.53. The number of halogens is 1. The standard InChI is InChI=1S/C18H18FNO2/c1-2-22-18(21)20-15-9-10-16(20)12-13(11-15)7-8-14-5-3-4-6-17(14)19/h3-6,11,15-16H,2,9-10,12H2,1H3. The van der Waals surface area contributed by atoms with Crippen molar-refractivity contribution in [2.75, 3.05) is 6.61 Å². The molecule has 0 N–H and O–H groups in total. The second kappa shape index (κ2) is 6.23. The third-order valence-electron chi connectivity index (χ3n) is 4.11. The van der Waals surface area contributed by atoms with Crippen molar-refractivity contribution in [2.45, 2.75) is 38.3 Å². The maximum absolute atomic E-state index is 13.6. The molecule has 1 saturated heterocycles. The van der Waals surface area contributed by atoms with Crippen molar-refractivity contribution in [3.8, 4) is 11.8 Å². The Labute approximate surface area is 129 Å². The Balaban J connectivity index is 1.78. The zero-order valence-electron chi connectivity index (χ0n) is 12.5. The summed E-state index contributed by atoms with van der Waals surface area (Å²) in [6.45, 7) is 2.20. The minimum absolute atomic E-state index is 0.0581. The Bertz CT molecular complexity index is 671. The average Bonchev–Trinajstić information content (AvgIpc) is 2.78. The minimum atomic E-state index is -0.303. The molecule has 2 aliphatic rings. The molecule has 0 spiro atoms. The number of benzene rings is 1. The summed E-state index contributed by atoms with van der Waals surface area (Å²) in [5, 5.41) is 0. The van der Waals surface area contributed by atoms with E-state index < -0.39 is 0 Å². The Kier molecular flexibility index (Phi) is 4.15. The van der Waals surface area contributed by atoms with Gasteiger partial charge in [0.05, 0.1) is 18.2 Å². The molecule has 2 atom stereocenters. The lowest BCUT2D eigenvalue weighted by molar-refractivity contribution is 0.0920. The van der Waals surface area contributed by atoms with Crippen LogP contribution in [0.15, 0.2) is 35.9 Å². The van der Waals surface area contributed by atoms with Crippen LogP contribution in [-0.2, 0) is 4.74 Å². The molecule has 0 aliphatic carbocycles. The van der Waals surface area contributed by atoms with Crippen LogP contribution >= 0.6 is 0 Å². The monoisotopic (exact) mass is 299 g/mol. The lowest BCUT2D eigenvalue weighted by Gasteiger charge is -2.31. The van der Waals surface area contributed by atoms with Gasteiger partial charge in [-0.3, -0.25) is 4.90 Å². The fourth-order valence-electron chi connectivity index (χ4n) is 3.12. The van der Waals surface area contributed by atoms with Crippen molar-refractivity contribution in [2.24, 2.45) is 0 Å². The zero-order valence-corrected chi connectivity index (χ0v) is 12.5. The van der Waals surface area contributed by atoms with Gasteiger partial charge in [0, 0.05) is 18.0 Å². The van der Waals surface area contributed by atoms with Gasteiger partial charge in [-0.15, -0.1) is 0 Å². The molecule has 2 aliphatic heterocycles. The van der Waals surface area contributed by atoms with Crippen LogP contribution in [0.1, 0.15) is 31.7 Å². The van der Waals surface area contributed by atoms with Crippen LogP contribution in [0.25, 0.3) is 0 Å². The van der Waals surface area contributed by atoms with E-state index in [4.69, 9.17) is 4.74 Å². The van der Waals surface area contributed by atoms with Gasteiger partial charge >= 0.3 is 6.09 Å². The molecule has 1 aromatic rings.